The molecule has 0 radical (unpaired) electrons. The number of para-hydroxylation sites is 1. The van der Waals surface area contributed by atoms with Gasteiger partial charge in [0.2, 0.25) is 0 Å². The maximum atomic E-state index is 13.6. The molecule has 0 bridgehead atoms. The number of nitrogens with one attached hydrogen (secondary N) is 2. The van der Waals surface area contributed by atoms with Crippen molar-refractivity contribution in [2.45, 2.75) is 6.54 Å². The monoisotopic (exact) mass is 282 g/mol. The van der Waals surface area contributed by atoms with E-state index in [1.807, 2.05) is 0 Å². The number of urea groups is 1. The van der Waals surface area contributed by atoms with Gasteiger partial charge in [-0.2, -0.15) is 0 Å². The number of fused-ring (bicyclic) bond motifs is 1. The number of imidazole rings is 1. The van der Waals surface area contributed by atoms with Crippen LogP contribution in [0.1, 0.15) is 0 Å². The number of amides is 2. The summed E-state index contributed by atoms with van der Waals surface area (Å²) in [7, 11) is 3.34. The van der Waals surface area contributed by atoms with Crippen LogP contribution in [0.15, 0.2) is 18.2 Å². The lowest BCUT2D eigenvalue weighted by Gasteiger charge is -2.12. The zero-order chi connectivity index (χ0) is 14.0. The third-order valence-electron chi connectivity index (χ3n) is 2.78. The van der Waals surface area contributed by atoms with Gasteiger partial charge >= 0.3 is 6.03 Å². The number of aromatic nitrogens is 2. The lowest BCUT2D eigenvalue weighted by atomic mass is 10.3. The summed E-state index contributed by atoms with van der Waals surface area (Å²) in [5, 5.41) is 2.74. The van der Waals surface area contributed by atoms with Gasteiger partial charge in [0.1, 0.15) is 11.3 Å². The van der Waals surface area contributed by atoms with E-state index in [4.69, 9.17) is 12.2 Å². The second kappa shape index (κ2) is 5.40. The molecule has 0 aliphatic heterocycles. The summed E-state index contributed by atoms with van der Waals surface area (Å²) in [5.74, 6) is -0.334. The standard InChI is InChI=1S/C12H15FN4OS/c1-16(2)11(18)14-6-7-17-9-5-3-4-8(13)10(9)15-12(17)19/h3-5H,6-7H2,1-2H3,(H,14,18)(H,15,19). The van der Waals surface area contributed by atoms with E-state index in [2.05, 4.69) is 10.3 Å². The average Bonchev–Trinajstić information content (AvgIpc) is 2.68. The molecule has 0 saturated heterocycles. The van der Waals surface area contributed by atoms with Crippen molar-refractivity contribution in [1.82, 2.24) is 19.8 Å². The normalized spacial score (nSPS) is 10.7. The number of hydrogen-bond acceptors (Lipinski definition) is 2. The molecule has 2 aromatic rings. The van der Waals surface area contributed by atoms with Crippen LogP contribution in [-0.4, -0.2) is 41.1 Å². The molecule has 0 aliphatic rings. The summed E-state index contributed by atoms with van der Waals surface area (Å²) in [6.45, 7) is 0.913. The highest BCUT2D eigenvalue weighted by Crippen LogP contribution is 2.16. The van der Waals surface area contributed by atoms with Crippen LogP contribution in [-0.2, 0) is 6.54 Å². The molecular formula is C12H15FN4OS. The van der Waals surface area contributed by atoms with Gasteiger partial charge in [0, 0.05) is 27.2 Å². The molecule has 0 saturated carbocycles. The highest BCUT2D eigenvalue weighted by Gasteiger charge is 2.08. The number of halogens is 1. The minimum absolute atomic E-state index is 0.169. The summed E-state index contributed by atoms with van der Waals surface area (Å²) in [6, 6.07) is 4.64. The fourth-order valence-electron chi connectivity index (χ4n) is 1.80. The lowest BCUT2D eigenvalue weighted by Crippen LogP contribution is -2.36. The summed E-state index contributed by atoms with van der Waals surface area (Å²) >= 11 is 5.16. The molecule has 19 heavy (non-hydrogen) atoms. The molecule has 0 spiro atoms. The van der Waals surface area contributed by atoms with Gasteiger partial charge in [0.25, 0.3) is 0 Å². The summed E-state index contributed by atoms with van der Waals surface area (Å²) in [6.07, 6.45) is 0. The third-order valence-corrected chi connectivity index (χ3v) is 3.10. The van der Waals surface area contributed by atoms with E-state index in [1.54, 1.807) is 30.8 Å². The predicted molar refractivity (Wildman–Crippen MR) is 74.2 cm³/mol. The second-order valence-corrected chi connectivity index (χ2v) is 4.73. The number of carbonyl (C=O) groups is 1. The fourth-order valence-corrected chi connectivity index (χ4v) is 2.09. The van der Waals surface area contributed by atoms with Crippen LogP contribution in [0.4, 0.5) is 9.18 Å². The molecule has 0 atom stereocenters. The van der Waals surface area contributed by atoms with Crippen molar-refractivity contribution in [2.24, 2.45) is 0 Å². The van der Waals surface area contributed by atoms with Gasteiger partial charge in [0.05, 0.1) is 5.52 Å². The molecule has 1 aromatic heterocycles. The summed E-state index contributed by atoms with van der Waals surface area (Å²) in [4.78, 5) is 15.7. The Morgan fingerprint density at radius 3 is 2.95 bits per heavy atom. The Morgan fingerprint density at radius 1 is 1.53 bits per heavy atom. The quantitative estimate of drug-likeness (QED) is 0.847. The first-order valence-corrected chi connectivity index (χ1v) is 6.23. The first kappa shape index (κ1) is 13.5. The Labute approximate surface area is 115 Å². The Morgan fingerprint density at radius 2 is 2.26 bits per heavy atom. The lowest BCUT2D eigenvalue weighted by molar-refractivity contribution is 0.217. The van der Waals surface area contributed by atoms with Crippen LogP contribution >= 0.6 is 12.2 Å². The van der Waals surface area contributed by atoms with Crippen molar-refractivity contribution in [3.05, 3.63) is 28.8 Å². The van der Waals surface area contributed by atoms with Crippen LogP contribution in [0.25, 0.3) is 11.0 Å². The Kier molecular flexibility index (Phi) is 3.84. The first-order valence-electron chi connectivity index (χ1n) is 5.83. The SMILES string of the molecule is CN(C)C(=O)NCCn1c(=S)[nH]c2c(F)cccc21. The minimum atomic E-state index is -0.334. The van der Waals surface area contributed by atoms with Gasteiger partial charge in [-0.25, -0.2) is 9.18 Å². The highest BCUT2D eigenvalue weighted by atomic mass is 32.1. The smallest absolute Gasteiger partial charge is 0.316 e. The van der Waals surface area contributed by atoms with Crippen molar-refractivity contribution >= 4 is 29.3 Å². The van der Waals surface area contributed by atoms with E-state index >= 15 is 0 Å². The molecule has 0 fully saturated rings. The number of H-pyrrole nitrogens is 1. The van der Waals surface area contributed by atoms with Crippen LogP contribution in [0.3, 0.4) is 0 Å². The van der Waals surface area contributed by atoms with Crippen LogP contribution in [0, 0.1) is 10.6 Å². The van der Waals surface area contributed by atoms with E-state index in [-0.39, 0.29) is 11.8 Å². The van der Waals surface area contributed by atoms with Gasteiger partial charge in [-0.1, -0.05) is 6.07 Å². The second-order valence-electron chi connectivity index (χ2n) is 4.34. The van der Waals surface area contributed by atoms with Gasteiger partial charge in [-0.15, -0.1) is 0 Å². The van der Waals surface area contributed by atoms with Crippen LogP contribution in [0.2, 0.25) is 0 Å². The number of benzene rings is 1. The van der Waals surface area contributed by atoms with Crippen molar-refractivity contribution < 1.29 is 9.18 Å². The minimum Gasteiger partial charge on any atom is -0.336 e. The maximum absolute atomic E-state index is 13.6. The third kappa shape index (κ3) is 2.76. The van der Waals surface area contributed by atoms with E-state index in [0.717, 1.165) is 0 Å². The van der Waals surface area contributed by atoms with E-state index in [0.29, 0.717) is 28.9 Å². The van der Waals surface area contributed by atoms with E-state index in [1.165, 1.54) is 11.0 Å². The predicted octanol–water partition coefficient (Wildman–Crippen LogP) is 2.11. The van der Waals surface area contributed by atoms with Crippen molar-refractivity contribution in [2.75, 3.05) is 20.6 Å². The molecule has 102 valence electrons. The fraction of sp³-hybridized carbons (Fsp3) is 0.333. The molecule has 2 N–H and O–H groups in total. The summed E-state index contributed by atoms with van der Waals surface area (Å²) < 4.78 is 15.8. The van der Waals surface area contributed by atoms with E-state index in [9.17, 15) is 9.18 Å². The first-order chi connectivity index (χ1) is 9.00. The Bertz CT molecular complexity index is 661. The zero-order valence-corrected chi connectivity index (χ0v) is 11.6. The van der Waals surface area contributed by atoms with Crippen LogP contribution < -0.4 is 5.32 Å². The molecule has 1 aromatic carbocycles. The maximum Gasteiger partial charge on any atom is 0.316 e. The number of rotatable bonds is 3. The zero-order valence-electron chi connectivity index (χ0n) is 10.7. The highest BCUT2D eigenvalue weighted by molar-refractivity contribution is 7.71. The van der Waals surface area contributed by atoms with Crippen molar-refractivity contribution in [3.63, 3.8) is 0 Å². The number of carbonyl (C=O) groups excluding carboxylic acids is 1. The number of aromatic amines is 1. The Balaban J connectivity index is 2.17. The van der Waals surface area contributed by atoms with Gasteiger partial charge < -0.3 is 19.8 Å². The molecular weight excluding hydrogens is 267 g/mol. The molecule has 5 nitrogen and oxygen atoms in total. The molecule has 2 rings (SSSR count). The molecule has 0 unspecified atom stereocenters. The number of nitrogens with zero attached hydrogens (tertiary/aromatic N) is 2. The van der Waals surface area contributed by atoms with Crippen LogP contribution in [0.5, 0.6) is 0 Å². The van der Waals surface area contributed by atoms with Crippen molar-refractivity contribution in [3.8, 4) is 0 Å². The van der Waals surface area contributed by atoms with Crippen molar-refractivity contribution in [1.29, 1.82) is 0 Å². The largest absolute Gasteiger partial charge is 0.336 e. The number of hydrogen-bond donors (Lipinski definition) is 2. The topological polar surface area (TPSA) is 53.1 Å². The summed E-state index contributed by atoms with van der Waals surface area (Å²) in [5.41, 5.74) is 1.09. The molecule has 1 heterocycles. The average molecular weight is 282 g/mol. The van der Waals surface area contributed by atoms with Gasteiger partial charge in [-0.05, 0) is 24.4 Å². The molecule has 0 aliphatic carbocycles. The van der Waals surface area contributed by atoms with Gasteiger partial charge in [-0.3, -0.25) is 0 Å². The molecule has 2 amide bonds. The molecule has 7 heteroatoms. The van der Waals surface area contributed by atoms with Gasteiger partial charge in [0.15, 0.2) is 4.77 Å². The van der Waals surface area contributed by atoms with E-state index < -0.39 is 0 Å². The Hall–Kier alpha value is -1.89.